The molecule has 2 aromatic carbocycles. The molecule has 0 atom stereocenters. The van der Waals surface area contributed by atoms with E-state index in [2.05, 4.69) is 55.3 Å². The number of thiazole rings is 1. The predicted molar refractivity (Wildman–Crippen MR) is 97.1 cm³/mol. The first-order valence-corrected chi connectivity index (χ1v) is 8.53. The molecule has 3 aromatic rings. The van der Waals surface area contributed by atoms with Crippen LogP contribution in [0.15, 0.2) is 48.0 Å². The Bertz CT molecular complexity index is 846. The van der Waals surface area contributed by atoms with Crippen LogP contribution in [-0.4, -0.2) is 10.9 Å². The maximum absolute atomic E-state index is 12.4. The van der Waals surface area contributed by atoms with Crippen molar-refractivity contribution < 1.29 is 4.79 Å². The molecule has 1 heterocycles. The second-order valence-electron chi connectivity index (χ2n) is 6.69. The van der Waals surface area contributed by atoms with Crippen LogP contribution >= 0.6 is 11.3 Å². The molecule has 0 bridgehead atoms. The van der Waals surface area contributed by atoms with Gasteiger partial charge in [-0.25, -0.2) is 4.98 Å². The van der Waals surface area contributed by atoms with Crippen LogP contribution in [0.1, 0.15) is 32.0 Å². The zero-order chi connectivity index (χ0) is 16.4. The van der Waals surface area contributed by atoms with E-state index < -0.39 is 0 Å². The van der Waals surface area contributed by atoms with Gasteiger partial charge >= 0.3 is 0 Å². The highest BCUT2D eigenvalue weighted by Gasteiger charge is 2.22. The number of hydrogen-bond donors (Lipinski definition) is 1. The van der Waals surface area contributed by atoms with Gasteiger partial charge < -0.3 is 5.32 Å². The normalized spacial score (nSPS) is 11.6. The summed E-state index contributed by atoms with van der Waals surface area (Å²) in [7, 11) is 0. The molecule has 1 aromatic heterocycles. The zero-order valence-electron chi connectivity index (χ0n) is 13.6. The van der Waals surface area contributed by atoms with E-state index in [1.807, 2.05) is 18.2 Å². The Kier molecular flexibility index (Phi) is 4.18. The largest absolute Gasteiger partial charge is 0.316 e. The summed E-state index contributed by atoms with van der Waals surface area (Å²) < 4.78 is 0. The summed E-state index contributed by atoms with van der Waals surface area (Å²) >= 11 is 1.47. The Hall–Kier alpha value is -2.20. The number of aromatic nitrogens is 1. The zero-order valence-corrected chi connectivity index (χ0v) is 14.4. The van der Waals surface area contributed by atoms with Crippen molar-refractivity contribution in [2.24, 2.45) is 0 Å². The lowest BCUT2D eigenvalue weighted by molar-refractivity contribution is -0.115. The fourth-order valence-corrected chi connectivity index (χ4v) is 3.48. The summed E-state index contributed by atoms with van der Waals surface area (Å²) in [6, 6.07) is 14.3. The molecule has 0 saturated heterocycles. The maximum atomic E-state index is 12.4. The van der Waals surface area contributed by atoms with Gasteiger partial charge in [0.15, 0.2) is 0 Å². The number of benzene rings is 2. The molecular formula is C19H20N2OS. The summed E-state index contributed by atoms with van der Waals surface area (Å²) in [6.07, 6.45) is 0.367. The molecule has 0 fully saturated rings. The number of rotatable bonds is 3. The summed E-state index contributed by atoms with van der Waals surface area (Å²) in [4.78, 5) is 16.8. The molecule has 23 heavy (non-hydrogen) atoms. The first-order valence-electron chi connectivity index (χ1n) is 7.65. The van der Waals surface area contributed by atoms with Crippen LogP contribution in [-0.2, 0) is 16.6 Å². The quantitative estimate of drug-likeness (QED) is 0.753. The van der Waals surface area contributed by atoms with Crippen molar-refractivity contribution in [3.05, 3.63) is 59.2 Å². The molecule has 0 saturated carbocycles. The van der Waals surface area contributed by atoms with E-state index in [0.717, 1.165) is 21.6 Å². The number of hydrogen-bond acceptors (Lipinski definition) is 3. The third kappa shape index (κ3) is 3.59. The van der Waals surface area contributed by atoms with Gasteiger partial charge in [-0.15, -0.1) is 11.3 Å². The standard InChI is InChI=1S/C19H20N2OS/c1-19(2,3)17-18(23-12-20-17)21-16(22)11-13-8-9-14-6-4-5-7-15(14)10-13/h4-10,12H,11H2,1-3H3,(H,21,22). The van der Waals surface area contributed by atoms with E-state index in [-0.39, 0.29) is 11.3 Å². The lowest BCUT2D eigenvalue weighted by Gasteiger charge is -2.17. The number of carbonyl (C=O) groups is 1. The van der Waals surface area contributed by atoms with E-state index in [9.17, 15) is 4.79 Å². The lowest BCUT2D eigenvalue weighted by atomic mass is 9.92. The topological polar surface area (TPSA) is 42.0 Å². The Morgan fingerprint density at radius 3 is 2.61 bits per heavy atom. The average molecular weight is 324 g/mol. The van der Waals surface area contributed by atoms with Crippen LogP contribution in [0, 0.1) is 0 Å². The predicted octanol–water partition coefficient (Wildman–Crippen LogP) is 4.78. The van der Waals surface area contributed by atoms with Gasteiger partial charge in [0, 0.05) is 5.41 Å². The monoisotopic (exact) mass is 324 g/mol. The van der Waals surface area contributed by atoms with Gasteiger partial charge in [0.2, 0.25) is 5.91 Å². The molecule has 3 rings (SSSR count). The molecule has 0 radical (unpaired) electrons. The molecule has 0 aliphatic carbocycles. The minimum atomic E-state index is -0.0778. The van der Waals surface area contributed by atoms with Crippen molar-refractivity contribution in [1.82, 2.24) is 4.98 Å². The van der Waals surface area contributed by atoms with Crippen molar-refractivity contribution in [3.8, 4) is 0 Å². The van der Waals surface area contributed by atoms with E-state index >= 15 is 0 Å². The average Bonchev–Trinajstić information content (AvgIpc) is 2.95. The van der Waals surface area contributed by atoms with Crippen LogP contribution in [0.4, 0.5) is 5.00 Å². The van der Waals surface area contributed by atoms with Crippen molar-refractivity contribution in [3.63, 3.8) is 0 Å². The highest BCUT2D eigenvalue weighted by atomic mass is 32.1. The number of fused-ring (bicyclic) bond motifs is 1. The van der Waals surface area contributed by atoms with E-state index in [0.29, 0.717) is 6.42 Å². The van der Waals surface area contributed by atoms with E-state index in [1.165, 1.54) is 16.7 Å². The van der Waals surface area contributed by atoms with Gasteiger partial charge in [-0.2, -0.15) is 0 Å². The van der Waals surface area contributed by atoms with Crippen molar-refractivity contribution in [2.75, 3.05) is 5.32 Å². The second kappa shape index (κ2) is 6.13. The molecule has 0 aliphatic rings. The fraction of sp³-hybridized carbons (Fsp3) is 0.263. The van der Waals surface area contributed by atoms with Gasteiger partial charge in [0.25, 0.3) is 0 Å². The second-order valence-corrected chi connectivity index (χ2v) is 7.54. The van der Waals surface area contributed by atoms with Gasteiger partial charge in [-0.3, -0.25) is 4.79 Å². The van der Waals surface area contributed by atoms with Crippen molar-refractivity contribution in [1.29, 1.82) is 0 Å². The highest BCUT2D eigenvalue weighted by molar-refractivity contribution is 7.14. The summed E-state index contributed by atoms with van der Waals surface area (Å²) in [6.45, 7) is 6.29. The first-order chi connectivity index (χ1) is 10.9. The van der Waals surface area contributed by atoms with Crippen molar-refractivity contribution >= 4 is 33.0 Å². The molecule has 0 spiro atoms. The van der Waals surface area contributed by atoms with E-state index in [4.69, 9.17) is 0 Å². The molecule has 118 valence electrons. The molecule has 0 aliphatic heterocycles. The van der Waals surface area contributed by atoms with Gasteiger partial charge in [0.1, 0.15) is 5.00 Å². The van der Waals surface area contributed by atoms with Crippen LogP contribution < -0.4 is 5.32 Å². The van der Waals surface area contributed by atoms with Crippen LogP contribution in [0.5, 0.6) is 0 Å². The molecular weight excluding hydrogens is 304 g/mol. The van der Waals surface area contributed by atoms with Crippen LogP contribution in [0.2, 0.25) is 0 Å². The summed E-state index contributed by atoms with van der Waals surface area (Å²) in [5.74, 6) is -0.00460. The Labute approximate surface area is 140 Å². The summed E-state index contributed by atoms with van der Waals surface area (Å²) in [5.41, 5.74) is 3.66. The highest BCUT2D eigenvalue weighted by Crippen LogP contribution is 2.31. The molecule has 3 nitrogen and oxygen atoms in total. The van der Waals surface area contributed by atoms with Gasteiger partial charge in [-0.1, -0.05) is 63.2 Å². The smallest absolute Gasteiger partial charge is 0.229 e. The third-order valence-electron chi connectivity index (χ3n) is 3.71. The van der Waals surface area contributed by atoms with Crippen LogP contribution in [0.3, 0.4) is 0 Å². The van der Waals surface area contributed by atoms with Gasteiger partial charge in [0.05, 0.1) is 17.6 Å². The third-order valence-corrected chi connectivity index (χ3v) is 4.45. The SMILES string of the molecule is CC(C)(C)c1ncsc1NC(=O)Cc1ccc2ccccc2c1. The Morgan fingerprint density at radius 1 is 1.13 bits per heavy atom. The lowest BCUT2D eigenvalue weighted by Crippen LogP contribution is -2.19. The molecule has 0 unspecified atom stereocenters. The number of anilines is 1. The number of nitrogens with zero attached hydrogens (tertiary/aromatic N) is 1. The number of amides is 1. The van der Waals surface area contributed by atoms with Crippen LogP contribution in [0.25, 0.3) is 10.8 Å². The molecule has 1 amide bonds. The Morgan fingerprint density at radius 2 is 1.87 bits per heavy atom. The number of nitrogens with one attached hydrogen (secondary N) is 1. The van der Waals surface area contributed by atoms with Gasteiger partial charge in [-0.05, 0) is 16.3 Å². The minimum absolute atomic E-state index is 0.00460. The molecule has 1 N–H and O–H groups in total. The first kappa shape index (κ1) is 15.7. The molecule has 4 heteroatoms. The number of carbonyl (C=O) groups excluding carboxylic acids is 1. The Balaban J connectivity index is 1.75. The van der Waals surface area contributed by atoms with Crippen molar-refractivity contribution in [2.45, 2.75) is 32.6 Å². The fourth-order valence-electron chi connectivity index (χ4n) is 2.57. The maximum Gasteiger partial charge on any atom is 0.229 e. The van der Waals surface area contributed by atoms with E-state index in [1.54, 1.807) is 5.51 Å². The minimum Gasteiger partial charge on any atom is -0.316 e. The summed E-state index contributed by atoms with van der Waals surface area (Å²) in [5, 5.41) is 6.21.